The Morgan fingerprint density at radius 2 is 2.05 bits per heavy atom. The van der Waals surface area contributed by atoms with Crippen LogP contribution in [-0.2, 0) is 6.54 Å². The Hall–Kier alpha value is -0.900. The van der Waals surface area contributed by atoms with Crippen molar-refractivity contribution in [3.8, 4) is 0 Å². The van der Waals surface area contributed by atoms with Gasteiger partial charge in [0.1, 0.15) is 0 Å². The summed E-state index contributed by atoms with van der Waals surface area (Å²) in [7, 11) is 0. The van der Waals surface area contributed by atoms with Gasteiger partial charge in [-0.3, -0.25) is 9.80 Å². The molecule has 1 atom stereocenters. The molecular formula is C18H29N3. The second-order valence-electron chi connectivity index (χ2n) is 6.75. The van der Waals surface area contributed by atoms with Crippen LogP contribution in [0.3, 0.4) is 0 Å². The average Bonchev–Trinajstić information content (AvgIpc) is 3.34. The Kier molecular flexibility index (Phi) is 4.63. The molecule has 1 saturated heterocycles. The molecule has 1 heterocycles. The van der Waals surface area contributed by atoms with E-state index in [0.717, 1.165) is 32.2 Å². The van der Waals surface area contributed by atoms with Crippen molar-refractivity contribution in [2.45, 2.75) is 50.7 Å². The van der Waals surface area contributed by atoms with Gasteiger partial charge in [-0.15, -0.1) is 0 Å². The van der Waals surface area contributed by atoms with Crippen LogP contribution >= 0.6 is 0 Å². The first-order valence-corrected chi connectivity index (χ1v) is 8.50. The second-order valence-corrected chi connectivity index (χ2v) is 6.75. The third kappa shape index (κ3) is 3.31. The lowest BCUT2D eigenvalue weighted by Crippen LogP contribution is -2.63. The van der Waals surface area contributed by atoms with Crippen LogP contribution in [0.2, 0.25) is 0 Å². The van der Waals surface area contributed by atoms with E-state index in [1.807, 2.05) is 0 Å². The molecule has 1 aliphatic carbocycles. The number of nitrogens with two attached hydrogens (primary N) is 1. The minimum absolute atomic E-state index is 0.211. The van der Waals surface area contributed by atoms with E-state index in [-0.39, 0.29) is 5.54 Å². The van der Waals surface area contributed by atoms with Crippen LogP contribution in [0.15, 0.2) is 30.3 Å². The minimum Gasteiger partial charge on any atom is -0.329 e. The van der Waals surface area contributed by atoms with E-state index in [9.17, 15) is 0 Å². The van der Waals surface area contributed by atoms with Crippen LogP contribution < -0.4 is 5.73 Å². The molecule has 1 unspecified atom stereocenters. The van der Waals surface area contributed by atoms with Gasteiger partial charge in [0.2, 0.25) is 0 Å². The number of hydrogen-bond acceptors (Lipinski definition) is 3. The maximum absolute atomic E-state index is 6.27. The maximum atomic E-state index is 6.27. The molecule has 0 bridgehead atoms. The third-order valence-electron chi connectivity index (χ3n) is 5.20. The zero-order valence-corrected chi connectivity index (χ0v) is 13.3. The highest BCUT2D eigenvalue weighted by Crippen LogP contribution is 2.37. The highest BCUT2D eigenvalue weighted by Gasteiger charge is 2.44. The Morgan fingerprint density at radius 1 is 1.29 bits per heavy atom. The minimum atomic E-state index is 0.211. The summed E-state index contributed by atoms with van der Waals surface area (Å²) < 4.78 is 0. The van der Waals surface area contributed by atoms with Crippen molar-refractivity contribution in [2.24, 2.45) is 5.73 Å². The molecule has 116 valence electrons. The van der Waals surface area contributed by atoms with Gasteiger partial charge < -0.3 is 5.73 Å². The summed E-state index contributed by atoms with van der Waals surface area (Å²) in [5, 5.41) is 0. The number of likely N-dealkylation sites (tertiary alicyclic amines) is 1. The molecule has 0 amide bonds. The van der Waals surface area contributed by atoms with Crippen molar-refractivity contribution in [3.05, 3.63) is 35.9 Å². The van der Waals surface area contributed by atoms with Crippen molar-refractivity contribution < 1.29 is 0 Å². The highest BCUT2D eigenvalue weighted by molar-refractivity contribution is 5.15. The molecule has 1 aliphatic heterocycles. The van der Waals surface area contributed by atoms with Gasteiger partial charge in [-0.25, -0.2) is 0 Å². The van der Waals surface area contributed by atoms with Crippen LogP contribution in [0.25, 0.3) is 0 Å². The first-order valence-electron chi connectivity index (χ1n) is 8.50. The summed E-state index contributed by atoms with van der Waals surface area (Å²) in [4.78, 5) is 5.32. The van der Waals surface area contributed by atoms with Crippen molar-refractivity contribution in [1.29, 1.82) is 0 Å². The van der Waals surface area contributed by atoms with Gasteiger partial charge in [-0.1, -0.05) is 37.3 Å². The molecule has 0 aromatic heterocycles. The van der Waals surface area contributed by atoms with Crippen molar-refractivity contribution in [3.63, 3.8) is 0 Å². The van der Waals surface area contributed by atoms with Gasteiger partial charge in [-0.05, 0) is 44.3 Å². The first kappa shape index (κ1) is 15.0. The van der Waals surface area contributed by atoms with Crippen molar-refractivity contribution >= 4 is 0 Å². The summed E-state index contributed by atoms with van der Waals surface area (Å²) in [6.45, 7) is 7.63. The Bertz CT molecular complexity index is 443. The number of likely N-dealkylation sites (N-methyl/N-ethyl adjacent to an activating group) is 1. The summed E-state index contributed by atoms with van der Waals surface area (Å²) in [5.74, 6) is 0. The monoisotopic (exact) mass is 287 g/mol. The number of benzene rings is 1. The van der Waals surface area contributed by atoms with E-state index < -0.39 is 0 Å². The van der Waals surface area contributed by atoms with Crippen molar-refractivity contribution in [2.75, 3.05) is 26.2 Å². The summed E-state index contributed by atoms with van der Waals surface area (Å²) >= 11 is 0. The fourth-order valence-corrected chi connectivity index (χ4v) is 4.07. The summed E-state index contributed by atoms with van der Waals surface area (Å²) in [6, 6.07) is 11.6. The molecule has 2 aliphatic rings. The Morgan fingerprint density at radius 3 is 2.67 bits per heavy atom. The molecule has 1 aromatic carbocycles. The molecule has 2 fully saturated rings. The van der Waals surface area contributed by atoms with Gasteiger partial charge in [0, 0.05) is 31.2 Å². The van der Waals surface area contributed by atoms with Crippen LogP contribution in [0.1, 0.15) is 38.2 Å². The quantitative estimate of drug-likeness (QED) is 0.872. The SMILES string of the molecule is CCN(C1CC1)C1(CN)CCCN(Cc2ccccc2)C1. The van der Waals surface area contributed by atoms with Crippen LogP contribution in [0, 0.1) is 0 Å². The lowest BCUT2D eigenvalue weighted by Gasteiger charge is -2.49. The fraction of sp³-hybridized carbons (Fsp3) is 0.667. The predicted octanol–water partition coefficient (Wildman–Crippen LogP) is 2.46. The van der Waals surface area contributed by atoms with E-state index in [0.29, 0.717) is 0 Å². The van der Waals surface area contributed by atoms with Gasteiger partial charge in [0.05, 0.1) is 0 Å². The lowest BCUT2D eigenvalue weighted by atomic mass is 9.86. The van der Waals surface area contributed by atoms with Crippen LogP contribution in [0.5, 0.6) is 0 Å². The molecule has 3 nitrogen and oxygen atoms in total. The van der Waals surface area contributed by atoms with Gasteiger partial charge in [0.15, 0.2) is 0 Å². The molecule has 3 rings (SSSR count). The van der Waals surface area contributed by atoms with E-state index in [4.69, 9.17) is 5.73 Å². The largest absolute Gasteiger partial charge is 0.329 e. The van der Waals surface area contributed by atoms with E-state index in [1.165, 1.54) is 37.8 Å². The second kappa shape index (κ2) is 6.47. The van der Waals surface area contributed by atoms with E-state index >= 15 is 0 Å². The third-order valence-corrected chi connectivity index (χ3v) is 5.20. The topological polar surface area (TPSA) is 32.5 Å². The molecule has 3 heteroatoms. The summed E-state index contributed by atoms with van der Waals surface area (Å²) in [6.07, 6.45) is 5.27. The first-order chi connectivity index (χ1) is 10.3. The normalized spacial score (nSPS) is 27.2. The predicted molar refractivity (Wildman–Crippen MR) is 88.1 cm³/mol. The maximum Gasteiger partial charge on any atom is 0.0461 e. The zero-order chi connectivity index (χ0) is 14.7. The number of nitrogens with zero attached hydrogens (tertiary/aromatic N) is 2. The zero-order valence-electron chi connectivity index (χ0n) is 13.3. The highest BCUT2D eigenvalue weighted by atomic mass is 15.3. The molecular weight excluding hydrogens is 258 g/mol. The fourth-order valence-electron chi connectivity index (χ4n) is 4.07. The number of hydrogen-bond donors (Lipinski definition) is 1. The smallest absolute Gasteiger partial charge is 0.0461 e. The lowest BCUT2D eigenvalue weighted by molar-refractivity contribution is 0.0110. The number of rotatable bonds is 6. The summed E-state index contributed by atoms with van der Waals surface area (Å²) in [5.41, 5.74) is 7.90. The number of piperidine rings is 1. The molecule has 21 heavy (non-hydrogen) atoms. The van der Waals surface area contributed by atoms with Crippen LogP contribution in [-0.4, -0.2) is 47.6 Å². The van der Waals surface area contributed by atoms with Gasteiger partial charge >= 0.3 is 0 Å². The molecule has 2 N–H and O–H groups in total. The van der Waals surface area contributed by atoms with Gasteiger partial charge in [-0.2, -0.15) is 0 Å². The Balaban J connectivity index is 1.70. The molecule has 0 radical (unpaired) electrons. The Labute approximate surface area is 129 Å². The van der Waals surface area contributed by atoms with Crippen LogP contribution in [0.4, 0.5) is 0 Å². The van der Waals surface area contributed by atoms with E-state index in [1.54, 1.807) is 0 Å². The van der Waals surface area contributed by atoms with Gasteiger partial charge in [0.25, 0.3) is 0 Å². The molecule has 1 saturated carbocycles. The van der Waals surface area contributed by atoms with E-state index in [2.05, 4.69) is 47.1 Å². The molecule has 0 spiro atoms. The standard InChI is InChI=1S/C18H29N3/c1-2-21(17-9-10-17)18(14-19)11-6-12-20(15-18)13-16-7-4-3-5-8-16/h3-5,7-8,17H,2,6,9-15,19H2,1H3. The average molecular weight is 287 g/mol. The molecule has 1 aromatic rings. The van der Waals surface area contributed by atoms with Crippen molar-refractivity contribution in [1.82, 2.24) is 9.80 Å².